The minimum absolute atomic E-state index is 0. The maximum Gasteiger partial charge on any atom is 2.00 e. The van der Waals surface area contributed by atoms with E-state index in [1.54, 1.807) is 0 Å². The van der Waals surface area contributed by atoms with Crippen LogP contribution in [0.4, 0.5) is 0 Å². The van der Waals surface area contributed by atoms with Gasteiger partial charge < -0.3 is 22.3 Å². The first-order valence-corrected chi connectivity index (χ1v) is 2.86. The zero-order valence-corrected chi connectivity index (χ0v) is 8.13. The first-order valence-electron chi connectivity index (χ1n) is 2.86. The van der Waals surface area contributed by atoms with E-state index in [2.05, 4.69) is 0 Å². The third-order valence-electron chi connectivity index (χ3n) is 1.21. The number of aliphatic carboxylic acids is 1. The zero-order valence-electron chi connectivity index (χ0n) is 6.09. The van der Waals surface area contributed by atoms with Crippen LogP contribution in [-0.4, -0.2) is 5.97 Å². The summed E-state index contributed by atoms with van der Waals surface area (Å²) < 4.78 is 0. The Bertz CT molecular complexity index is 87.8. The first-order chi connectivity index (χ1) is 3.66. The van der Waals surface area contributed by atoms with Crippen molar-refractivity contribution >= 4 is 5.97 Å². The Morgan fingerprint density at radius 2 is 2.00 bits per heavy atom. The molecule has 0 bridgehead atoms. The number of rotatable bonds is 3. The Hall–Kier alpha value is 0.292. The smallest absolute Gasteiger partial charge is 1.00 e. The molecule has 1 unspecified atom stereocenters. The van der Waals surface area contributed by atoms with Gasteiger partial charge >= 0.3 is 17.4 Å². The van der Waals surface area contributed by atoms with Crippen LogP contribution in [0.25, 0.3) is 0 Å². The number of hydrogen-bond donors (Lipinski definition) is 0. The van der Waals surface area contributed by atoms with Gasteiger partial charge in [-0.05, 0) is 12.3 Å². The summed E-state index contributed by atoms with van der Waals surface area (Å²) in [5.74, 6) is -0.681. The van der Waals surface area contributed by atoms with Gasteiger partial charge in [0.25, 0.3) is 0 Å². The summed E-state index contributed by atoms with van der Waals surface area (Å²) in [6, 6.07) is 0. The number of carbonyl (C=O) groups is 1. The van der Waals surface area contributed by atoms with Crippen LogP contribution in [0, 0.1) is 5.92 Å². The SMILES string of the molecule is CCC(C)CC(=O)[O-].[Cl-].[Cr+2]. The standard InChI is InChI=1S/C6H12O2.ClH.Cr/c1-3-5(2)4-6(7)8;;/h5H,3-4H2,1-2H3,(H,7,8);1H;/q;;+2/p-2. The van der Waals surface area contributed by atoms with E-state index in [9.17, 15) is 9.90 Å². The fourth-order valence-corrected chi connectivity index (χ4v) is 0.429. The summed E-state index contributed by atoms with van der Waals surface area (Å²) in [6.07, 6.45) is 1.10. The Labute approximate surface area is 78.5 Å². The van der Waals surface area contributed by atoms with E-state index >= 15 is 0 Å². The molecule has 2 nitrogen and oxygen atoms in total. The first kappa shape index (κ1) is 16.7. The van der Waals surface area contributed by atoms with Gasteiger partial charge in [-0.25, -0.2) is 0 Å². The summed E-state index contributed by atoms with van der Waals surface area (Å²) in [4.78, 5) is 9.86. The van der Waals surface area contributed by atoms with Gasteiger partial charge in [0.15, 0.2) is 0 Å². The topological polar surface area (TPSA) is 40.1 Å². The normalized spacial score (nSPS) is 10.6. The number of carboxylic acids is 1. The molecule has 0 aromatic carbocycles. The predicted molar refractivity (Wildman–Crippen MR) is 29.1 cm³/mol. The molecule has 0 saturated carbocycles. The van der Waals surface area contributed by atoms with Crippen LogP contribution >= 0.6 is 0 Å². The van der Waals surface area contributed by atoms with Crippen LogP contribution in [0.5, 0.6) is 0 Å². The molecule has 60 valence electrons. The van der Waals surface area contributed by atoms with Crippen LogP contribution < -0.4 is 17.5 Å². The van der Waals surface area contributed by atoms with Crippen molar-refractivity contribution in [2.75, 3.05) is 0 Å². The maximum atomic E-state index is 9.86. The summed E-state index contributed by atoms with van der Waals surface area (Å²) in [6.45, 7) is 3.86. The van der Waals surface area contributed by atoms with Gasteiger partial charge in [0.05, 0.1) is 0 Å². The quantitative estimate of drug-likeness (QED) is 0.495. The molecule has 4 heteroatoms. The summed E-state index contributed by atoms with van der Waals surface area (Å²) >= 11 is 0. The van der Waals surface area contributed by atoms with Crippen molar-refractivity contribution in [2.24, 2.45) is 5.92 Å². The van der Waals surface area contributed by atoms with Crippen LogP contribution in [0.1, 0.15) is 26.7 Å². The number of carboxylic acid groups (broad SMARTS) is 1. The molecule has 0 aliphatic carbocycles. The maximum absolute atomic E-state index is 9.86. The van der Waals surface area contributed by atoms with E-state index < -0.39 is 5.97 Å². The van der Waals surface area contributed by atoms with Crippen LogP contribution in [0.2, 0.25) is 0 Å². The molecule has 0 amide bonds. The summed E-state index contributed by atoms with van der Waals surface area (Å²) in [7, 11) is 0. The third-order valence-corrected chi connectivity index (χ3v) is 1.21. The van der Waals surface area contributed by atoms with Crippen molar-refractivity contribution in [3.8, 4) is 0 Å². The fourth-order valence-electron chi connectivity index (χ4n) is 0.429. The zero-order chi connectivity index (χ0) is 6.57. The van der Waals surface area contributed by atoms with Crippen molar-refractivity contribution < 1.29 is 39.7 Å². The van der Waals surface area contributed by atoms with Crippen LogP contribution in [-0.2, 0) is 22.2 Å². The van der Waals surface area contributed by atoms with Crippen molar-refractivity contribution in [1.29, 1.82) is 0 Å². The second kappa shape index (κ2) is 9.29. The molecule has 0 aliphatic rings. The van der Waals surface area contributed by atoms with E-state index in [-0.39, 0.29) is 42.1 Å². The second-order valence-corrected chi connectivity index (χ2v) is 2.09. The molecule has 0 rings (SSSR count). The monoisotopic (exact) mass is 202 g/mol. The van der Waals surface area contributed by atoms with Gasteiger partial charge in [-0.1, -0.05) is 20.3 Å². The van der Waals surface area contributed by atoms with Gasteiger partial charge in [0.2, 0.25) is 0 Å². The van der Waals surface area contributed by atoms with Gasteiger partial charge in [0, 0.05) is 5.97 Å². The van der Waals surface area contributed by atoms with Crippen molar-refractivity contribution in [2.45, 2.75) is 26.7 Å². The molecule has 10 heavy (non-hydrogen) atoms. The minimum atomic E-state index is -0.945. The average Bonchev–Trinajstić information content (AvgIpc) is 1.65. The Morgan fingerprint density at radius 3 is 2.10 bits per heavy atom. The van der Waals surface area contributed by atoms with E-state index in [4.69, 9.17) is 0 Å². The number of hydrogen-bond acceptors (Lipinski definition) is 2. The predicted octanol–water partition coefficient (Wildman–Crippen LogP) is -2.83. The van der Waals surface area contributed by atoms with Crippen molar-refractivity contribution in [1.82, 2.24) is 0 Å². The third kappa shape index (κ3) is 11.1. The molecule has 0 radical (unpaired) electrons. The van der Waals surface area contributed by atoms with Crippen LogP contribution in [0.3, 0.4) is 0 Å². The van der Waals surface area contributed by atoms with E-state index in [0.717, 1.165) is 6.42 Å². The fraction of sp³-hybridized carbons (Fsp3) is 0.833. The minimum Gasteiger partial charge on any atom is -1.00 e. The van der Waals surface area contributed by atoms with Crippen LogP contribution in [0.15, 0.2) is 0 Å². The molecule has 0 saturated heterocycles. The van der Waals surface area contributed by atoms with E-state index in [1.807, 2.05) is 13.8 Å². The summed E-state index contributed by atoms with van der Waals surface area (Å²) in [5, 5.41) is 9.86. The molecule has 1 atom stereocenters. The molecular formula is C6H11ClCrO2. The number of carbonyl (C=O) groups excluding carboxylic acids is 1. The molecule has 0 fully saturated rings. The molecular weight excluding hydrogens is 192 g/mol. The Kier molecular flexibility index (Phi) is 15.5. The molecule has 0 heterocycles. The largest absolute Gasteiger partial charge is 2.00 e. The molecule has 0 aromatic rings. The number of halogens is 1. The van der Waals surface area contributed by atoms with E-state index in [0.29, 0.717) is 0 Å². The Morgan fingerprint density at radius 1 is 1.60 bits per heavy atom. The van der Waals surface area contributed by atoms with E-state index in [1.165, 1.54) is 0 Å². The molecule has 0 aromatic heterocycles. The molecule has 0 N–H and O–H groups in total. The van der Waals surface area contributed by atoms with Crippen molar-refractivity contribution in [3.63, 3.8) is 0 Å². The second-order valence-electron chi connectivity index (χ2n) is 2.09. The van der Waals surface area contributed by atoms with Crippen molar-refractivity contribution in [3.05, 3.63) is 0 Å². The molecule has 0 spiro atoms. The van der Waals surface area contributed by atoms with Gasteiger partial charge in [-0.2, -0.15) is 0 Å². The van der Waals surface area contributed by atoms with Gasteiger partial charge in [-0.15, -0.1) is 0 Å². The summed E-state index contributed by atoms with van der Waals surface area (Å²) in [5.41, 5.74) is 0. The molecule has 0 aliphatic heterocycles. The van der Waals surface area contributed by atoms with Gasteiger partial charge in [0.1, 0.15) is 0 Å². The van der Waals surface area contributed by atoms with Gasteiger partial charge in [-0.3, -0.25) is 0 Å². The Balaban J connectivity index is -0.000000245. The average molecular weight is 203 g/mol.